The number of aromatic amines is 2. The molecule has 1 aliphatic rings. The summed E-state index contributed by atoms with van der Waals surface area (Å²) >= 11 is 0. The number of hydrogen-bond acceptors (Lipinski definition) is 5. The molecule has 1 aliphatic heterocycles. The highest BCUT2D eigenvalue weighted by atomic mass is 16.4. The van der Waals surface area contributed by atoms with Gasteiger partial charge in [-0.1, -0.05) is 30.3 Å². The number of aromatic nitrogens is 5. The second-order valence-corrected chi connectivity index (χ2v) is 7.08. The van der Waals surface area contributed by atoms with Gasteiger partial charge in [0.2, 0.25) is 0 Å². The molecule has 1 saturated heterocycles. The van der Waals surface area contributed by atoms with E-state index in [1.807, 2.05) is 30.3 Å². The Bertz CT molecular complexity index is 998. The molecule has 0 saturated carbocycles. The molecule has 3 aromatic rings. The average Bonchev–Trinajstić information content (AvgIpc) is 3.31. The van der Waals surface area contributed by atoms with Gasteiger partial charge in [-0.05, 0) is 31.5 Å². The molecule has 146 valence electrons. The number of nitrogens with one attached hydrogen (secondary N) is 2. The third kappa shape index (κ3) is 3.74. The van der Waals surface area contributed by atoms with E-state index in [1.54, 1.807) is 10.8 Å². The lowest BCUT2D eigenvalue weighted by Crippen LogP contribution is -2.34. The quantitative estimate of drug-likeness (QED) is 0.593. The van der Waals surface area contributed by atoms with Gasteiger partial charge in [0.15, 0.2) is 0 Å². The van der Waals surface area contributed by atoms with E-state index in [-0.39, 0.29) is 17.3 Å². The fourth-order valence-electron chi connectivity index (χ4n) is 3.77. The predicted octanol–water partition coefficient (Wildman–Crippen LogP) is 1.42. The summed E-state index contributed by atoms with van der Waals surface area (Å²) in [6, 6.07) is 9.86. The number of piperidine rings is 1. The minimum absolute atomic E-state index is 0.145. The molecular formula is C19H22N6O3. The largest absolute Gasteiger partial charge is 0.477 e. The zero-order valence-corrected chi connectivity index (χ0v) is 15.3. The minimum Gasteiger partial charge on any atom is -0.477 e. The van der Waals surface area contributed by atoms with E-state index in [0.29, 0.717) is 18.7 Å². The maximum absolute atomic E-state index is 12.2. The lowest BCUT2D eigenvalue weighted by molar-refractivity contribution is 0.0687. The Morgan fingerprint density at radius 3 is 2.61 bits per heavy atom. The van der Waals surface area contributed by atoms with Gasteiger partial charge in [0.1, 0.15) is 11.5 Å². The molecule has 28 heavy (non-hydrogen) atoms. The van der Waals surface area contributed by atoms with Crippen molar-refractivity contribution in [1.82, 2.24) is 29.9 Å². The summed E-state index contributed by atoms with van der Waals surface area (Å²) in [5.74, 6) is -0.00548. The van der Waals surface area contributed by atoms with Crippen molar-refractivity contribution in [2.75, 3.05) is 13.1 Å². The van der Waals surface area contributed by atoms with Crippen molar-refractivity contribution in [1.29, 1.82) is 0 Å². The Balaban J connectivity index is 1.42. The normalized spacial score (nSPS) is 15.7. The first-order valence-corrected chi connectivity index (χ1v) is 9.28. The molecular weight excluding hydrogens is 360 g/mol. The smallest absolute Gasteiger partial charge is 0.354 e. The van der Waals surface area contributed by atoms with Crippen LogP contribution in [0.5, 0.6) is 0 Å². The van der Waals surface area contributed by atoms with Crippen molar-refractivity contribution in [2.45, 2.75) is 31.8 Å². The van der Waals surface area contributed by atoms with Gasteiger partial charge in [-0.15, -0.1) is 0 Å². The van der Waals surface area contributed by atoms with Crippen LogP contribution in [0.1, 0.15) is 46.2 Å². The molecule has 9 heteroatoms. The van der Waals surface area contributed by atoms with Gasteiger partial charge >= 0.3 is 11.7 Å². The second-order valence-electron chi connectivity index (χ2n) is 7.08. The molecule has 3 heterocycles. The standard InChI is InChI=1S/C19H22N6O3/c26-18(27)16-15(10-20-21-16)12-24-8-6-14(7-9-24)17-22-23-19(28)25(17)11-13-4-2-1-3-5-13/h1-5,10,14H,6-9,11-12H2,(H,20,21)(H,23,28)(H,26,27). The molecule has 0 bridgehead atoms. The Morgan fingerprint density at radius 1 is 1.14 bits per heavy atom. The number of benzene rings is 1. The Hall–Kier alpha value is -3.20. The Labute approximate surface area is 161 Å². The number of aromatic carboxylic acids is 1. The third-order valence-corrected chi connectivity index (χ3v) is 5.25. The summed E-state index contributed by atoms with van der Waals surface area (Å²) in [6.07, 6.45) is 3.29. The van der Waals surface area contributed by atoms with E-state index in [1.165, 1.54) is 0 Å². The maximum atomic E-state index is 12.2. The summed E-state index contributed by atoms with van der Waals surface area (Å²) in [7, 11) is 0. The molecule has 1 aromatic carbocycles. The van der Waals surface area contributed by atoms with Gasteiger partial charge in [-0.2, -0.15) is 10.2 Å². The number of carboxylic acid groups (broad SMARTS) is 1. The SMILES string of the molecule is O=C(O)c1[nH]ncc1CN1CCC(c2n[nH]c(=O)n2Cc2ccccc2)CC1. The average molecular weight is 382 g/mol. The van der Waals surface area contributed by atoms with Crippen molar-refractivity contribution < 1.29 is 9.90 Å². The van der Waals surface area contributed by atoms with Crippen molar-refractivity contribution in [3.63, 3.8) is 0 Å². The van der Waals surface area contributed by atoms with Gasteiger partial charge in [-0.25, -0.2) is 14.7 Å². The maximum Gasteiger partial charge on any atom is 0.354 e. The van der Waals surface area contributed by atoms with Crippen LogP contribution >= 0.6 is 0 Å². The van der Waals surface area contributed by atoms with Crippen LogP contribution in [0.2, 0.25) is 0 Å². The van der Waals surface area contributed by atoms with Crippen LogP contribution < -0.4 is 5.69 Å². The monoisotopic (exact) mass is 382 g/mol. The zero-order valence-electron chi connectivity index (χ0n) is 15.3. The first-order valence-electron chi connectivity index (χ1n) is 9.28. The van der Waals surface area contributed by atoms with Crippen LogP contribution in [0.3, 0.4) is 0 Å². The van der Waals surface area contributed by atoms with Crippen molar-refractivity contribution in [3.8, 4) is 0 Å². The lowest BCUT2D eigenvalue weighted by atomic mass is 9.95. The number of carboxylic acids is 1. The summed E-state index contributed by atoms with van der Waals surface area (Å²) in [5.41, 5.74) is 1.70. The van der Waals surface area contributed by atoms with Crippen LogP contribution in [0.4, 0.5) is 0 Å². The molecule has 1 fully saturated rings. The van der Waals surface area contributed by atoms with E-state index < -0.39 is 5.97 Å². The Kier molecular flexibility index (Phi) is 5.07. The third-order valence-electron chi connectivity index (χ3n) is 5.25. The van der Waals surface area contributed by atoms with E-state index in [4.69, 9.17) is 0 Å². The van der Waals surface area contributed by atoms with E-state index >= 15 is 0 Å². The number of likely N-dealkylation sites (tertiary alicyclic amines) is 1. The molecule has 3 N–H and O–H groups in total. The van der Waals surface area contributed by atoms with Gasteiger partial charge < -0.3 is 5.11 Å². The summed E-state index contributed by atoms with van der Waals surface area (Å²) in [5, 5.41) is 22.4. The number of hydrogen-bond donors (Lipinski definition) is 3. The molecule has 0 amide bonds. The molecule has 2 aromatic heterocycles. The van der Waals surface area contributed by atoms with Crippen molar-refractivity contribution in [2.24, 2.45) is 0 Å². The van der Waals surface area contributed by atoms with Crippen LogP contribution in [0, 0.1) is 0 Å². The first kappa shape index (κ1) is 18.2. The molecule has 0 unspecified atom stereocenters. The van der Waals surface area contributed by atoms with E-state index in [9.17, 15) is 14.7 Å². The van der Waals surface area contributed by atoms with Crippen molar-refractivity contribution >= 4 is 5.97 Å². The summed E-state index contributed by atoms with van der Waals surface area (Å²) in [6.45, 7) is 2.66. The molecule has 4 rings (SSSR count). The van der Waals surface area contributed by atoms with Crippen LogP contribution in [0.25, 0.3) is 0 Å². The topological polar surface area (TPSA) is 120 Å². The van der Waals surface area contributed by atoms with Gasteiger partial charge in [0.25, 0.3) is 0 Å². The number of nitrogens with zero attached hydrogens (tertiary/aromatic N) is 4. The number of H-pyrrole nitrogens is 2. The fourth-order valence-corrected chi connectivity index (χ4v) is 3.77. The summed E-state index contributed by atoms with van der Waals surface area (Å²) < 4.78 is 1.72. The van der Waals surface area contributed by atoms with Crippen LogP contribution in [-0.2, 0) is 13.1 Å². The van der Waals surface area contributed by atoms with Crippen molar-refractivity contribution in [3.05, 3.63) is 69.7 Å². The highest BCUT2D eigenvalue weighted by Gasteiger charge is 2.26. The van der Waals surface area contributed by atoms with Gasteiger partial charge in [-0.3, -0.25) is 14.6 Å². The number of rotatable bonds is 6. The first-order chi connectivity index (χ1) is 13.6. The van der Waals surface area contributed by atoms with Crippen LogP contribution in [0.15, 0.2) is 41.3 Å². The van der Waals surface area contributed by atoms with E-state index in [2.05, 4.69) is 25.3 Å². The molecule has 0 radical (unpaired) electrons. The van der Waals surface area contributed by atoms with Crippen LogP contribution in [-0.4, -0.2) is 54.0 Å². The molecule has 0 spiro atoms. The van der Waals surface area contributed by atoms with E-state index in [0.717, 1.165) is 37.3 Å². The molecule has 0 atom stereocenters. The lowest BCUT2D eigenvalue weighted by Gasteiger charge is -2.31. The van der Waals surface area contributed by atoms with Gasteiger partial charge in [0.05, 0.1) is 12.7 Å². The highest BCUT2D eigenvalue weighted by molar-refractivity contribution is 5.86. The predicted molar refractivity (Wildman–Crippen MR) is 101 cm³/mol. The zero-order chi connectivity index (χ0) is 19.5. The molecule has 0 aliphatic carbocycles. The molecule has 9 nitrogen and oxygen atoms in total. The fraction of sp³-hybridized carbons (Fsp3) is 0.368. The minimum atomic E-state index is -0.996. The second kappa shape index (κ2) is 7.81. The van der Waals surface area contributed by atoms with Gasteiger partial charge in [0, 0.05) is 18.0 Å². The Morgan fingerprint density at radius 2 is 1.89 bits per heavy atom. The highest BCUT2D eigenvalue weighted by Crippen LogP contribution is 2.27. The number of carbonyl (C=O) groups is 1. The summed E-state index contributed by atoms with van der Waals surface area (Å²) in [4.78, 5) is 25.7.